The van der Waals surface area contributed by atoms with Crippen LogP contribution in [0.4, 0.5) is 0 Å². The van der Waals surface area contributed by atoms with Crippen LogP contribution in [0.3, 0.4) is 0 Å². The number of aryl methyl sites for hydroxylation is 1. The van der Waals surface area contributed by atoms with Crippen molar-refractivity contribution in [1.82, 2.24) is 8.52 Å². The van der Waals surface area contributed by atoms with Crippen molar-refractivity contribution >= 4 is 23.1 Å². The van der Waals surface area contributed by atoms with Crippen LogP contribution in [0, 0.1) is 12.8 Å². The molecule has 3 rings (SSSR count). The molecular formula is C13H13ClN2O2S. The smallest absolute Gasteiger partial charge is 0.255 e. The second kappa shape index (κ2) is 4.65. The predicted octanol–water partition coefficient (Wildman–Crippen LogP) is 2.43. The molecule has 2 aromatic rings. The first-order valence-electron chi connectivity index (χ1n) is 6.16. The van der Waals surface area contributed by atoms with Crippen LogP contribution in [0.15, 0.2) is 27.8 Å². The summed E-state index contributed by atoms with van der Waals surface area (Å²) in [7, 11) is 0. The highest BCUT2D eigenvalue weighted by atomic mass is 35.5. The van der Waals surface area contributed by atoms with Crippen molar-refractivity contribution in [2.75, 3.05) is 0 Å². The zero-order chi connectivity index (χ0) is 13.6. The number of aromatic nitrogens is 2. The molecule has 1 aromatic carbocycles. The van der Waals surface area contributed by atoms with E-state index in [-0.39, 0.29) is 10.6 Å². The highest BCUT2D eigenvalue weighted by Gasteiger charge is 2.25. The van der Waals surface area contributed by atoms with Gasteiger partial charge in [0.25, 0.3) is 0 Å². The molecule has 0 unspecified atom stereocenters. The second-order valence-corrected chi connectivity index (χ2v) is 6.20. The van der Waals surface area contributed by atoms with E-state index in [9.17, 15) is 9.59 Å². The third-order valence-electron chi connectivity index (χ3n) is 3.32. The molecule has 1 aromatic heterocycles. The number of rotatable bonds is 3. The van der Waals surface area contributed by atoms with Crippen LogP contribution in [0.25, 0.3) is 5.69 Å². The van der Waals surface area contributed by atoms with Crippen LogP contribution >= 0.6 is 23.1 Å². The summed E-state index contributed by atoms with van der Waals surface area (Å²) in [4.78, 5) is 24.1. The van der Waals surface area contributed by atoms with Crippen molar-refractivity contribution < 1.29 is 0 Å². The largest absolute Gasteiger partial charge is 0.345 e. The van der Waals surface area contributed by atoms with Gasteiger partial charge < -0.3 is 0 Å². The number of hydrogen-bond donors (Lipinski definition) is 0. The highest BCUT2D eigenvalue weighted by Crippen LogP contribution is 2.30. The van der Waals surface area contributed by atoms with Crippen LogP contribution in [-0.4, -0.2) is 8.52 Å². The summed E-state index contributed by atoms with van der Waals surface area (Å²) in [5, 5.41) is 0.488. The second-order valence-electron chi connectivity index (χ2n) is 4.89. The van der Waals surface area contributed by atoms with Crippen LogP contribution in [0.1, 0.15) is 18.4 Å². The Balaban J connectivity index is 2.16. The summed E-state index contributed by atoms with van der Waals surface area (Å²) in [5.41, 5.74) is 1.22. The van der Waals surface area contributed by atoms with E-state index in [2.05, 4.69) is 0 Å². The molecule has 100 valence electrons. The third-order valence-corrected chi connectivity index (χ3v) is 4.53. The van der Waals surface area contributed by atoms with Crippen LogP contribution in [0.5, 0.6) is 0 Å². The molecule has 1 fully saturated rings. The lowest BCUT2D eigenvalue weighted by molar-refractivity contribution is 0.589. The Kier molecular flexibility index (Phi) is 3.11. The zero-order valence-corrected chi connectivity index (χ0v) is 12.0. The van der Waals surface area contributed by atoms with Gasteiger partial charge in [-0.2, -0.15) is 0 Å². The van der Waals surface area contributed by atoms with Gasteiger partial charge in [0.05, 0.1) is 10.7 Å². The molecule has 1 heterocycles. The van der Waals surface area contributed by atoms with E-state index >= 15 is 0 Å². The fourth-order valence-electron chi connectivity index (χ4n) is 2.09. The van der Waals surface area contributed by atoms with Gasteiger partial charge >= 0.3 is 10.6 Å². The first-order chi connectivity index (χ1) is 9.08. The number of benzene rings is 1. The van der Waals surface area contributed by atoms with Crippen LogP contribution in [0.2, 0.25) is 5.02 Å². The molecule has 6 heteroatoms. The van der Waals surface area contributed by atoms with Gasteiger partial charge in [-0.15, -0.1) is 0 Å². The summed E-state index contributed by atoms with van der Waals surface area (Å²) in [6.07, 6.45) is 2.21. The van der Waals surface area contributed by atoms with Crippen LogP contribution in [-0.2, 0) is 6.54 Å². The van der Waals surface area contributed by atoms with Gasteiger partial charge in [0.15, 0.2) is 0 Å². The lowest BCUT2D eigenvalue weighted by Crippen LogP contribution is -2.29. The molecule has 4 nitrogen and oxygen atoms in total. The molecule has 0 bridgehead atoms. The SMILES string of the molecule is Cc1cccc(Cl)c1-n1sc(=O)n(CC2CC2)c1=O. The van der Waals surface area contributed by atoms with Crippen molar-refractivity contribution in [3.05, 3.63) is 48.9 Å². The Morgan fingerprint density at radius 3 is 2.74 bits per heavy atom. The van der Waals surface area contributed by atoms with Crippen molar-refractivity contribution in [2.45, 2.75) is 26.3 Å². The highest BCUT2D eigenvalue weighted by molar-refractivity contribution is 7.04. The first kappa shape index (κ1) is 12.7. The van der Waals surface area contributed by atoms with Gasteiger partial charge in [-0.05, 0) is 37.3 Å². The Bertz CT molecular complexity index is 720. The van der Waals surface area contributed by atoms with Gasteiger partial charge in [0.2, 0.25) is 0 Å². The minimum absolute atomic E-state index is 0.212. The summed E-state index contributed by atoms with van der Waals surface area (Å²) in [6.45, 7) is 2.41. The van der Waals surface area contributed by atoms with E-state index in [4.69, 9.17) is 11.6 Å². The predicted molar refractivity (Wildman–Crippen MR) is 76.6 cm³/mol. The van der Waals surface area contributed by atoms with E-state index < -0.39 is 0 Å². The summed E-state index contributed by atoms with van der Waals surface area (Å²) >= 11 is 7.07. The number of para-hydroxylation sites is 1. The number of halogens is 1. The molecule has 0 saturated heterocycles. The minimum atomic E-state index is -0.280. The lowest BCUT2D eigenvalue weighted by atomic mass is 10.2. The molecular weight excluding hydrogens is 284 g/mol. The monoisotopic (exact) mass is 296 g/mol. The van der Waals surface area contributed by atoms with E-state index in [1.807, 2.05) is 19.1 Å². The Hall–Kier alpha value is -1.33. The van der Waals surface area contributed by atoms with Gasteiger partial charge in [0, 0.05) is 18.1 Å². The molecule has 0 spiro atoms. The molecule has 0 N–H and O–H groups in total. The topological polar surface area (TPSA) is 44.0 Å². The Morgan fingerprint density at radius 2 is 2.11 bits per heavy atom. The fourth-order valence-corrected chi connectivity index (χ4v) is 3.36. The van der Waals surface area contributed by atoms with Crippen molar-refractivity contribution in [1.29, 1.82) is 0 Å². The average Bonchev–Trinajstić information content (AvgIpc) is 3.12. The standard InChI is InChI=1S/C13H13ClN2O2S/c1-8-3-2-4-10(14)11(8)16-12(17)15(13(18)19-16)7-9-5-6-9/h2-4,9H,5-7H2,1H3. The molecule has 0 amide bonds. The average molecular weight is 297 g/mol. The molecule has 19 heavy (non-hydrogen) atoms. The van der Waals surface area contributed by atoms with Gasteiger partial charge in [-0.3, -0.25) is 4.79 Å². The molecule has 1 aliphatic rings. The van der Waals surface area contributed by atoms with Crippen molar-refractivity contribution in [3.63, 3.8) is 0 Å². The van der Waals surface area contributed by atoms with E-state index in [1.54, 1.807) is 6.07 Å². The number of nitrogens with zero attached hydrogens (tertiary/aromatic N) is 2. The van der Waals surface area contributed by atoms with E-state index in [0.717, 1.165) is 29.9 Å². The molecule has 1 aliphatic carbocycles. The molecule has 0 aliphatic heterocycles. The third kappa shape index (κ3) is 2.28. The van der Waals surface area contributed by atoms with Crippen LogP contribution < -0.4 is 10.6 Å². The Morgan fingerprint density at radius 1 is 1.37 bits per heavy atom. The maximum atomic E-state index is 12.3. The molecule has 0 atom stereocenters. The summed E-state index contributed by atoms with van der Waals surface area (Å²) in [6, 6.07) is 5.44. The molecule has 1 saturated carbocycles. The summed E-state index contributed by atoms with van der Waals surface area (Å²) < 4.78 is 2.73. The van der Waals surface area contributed by atoms with Gasteiger partial charge in [0.1, 0.15) is 0 Å². The number of hydrogen-bond acceptors (Lipinski definition) is 3. The molecule has 0 radical (unpaired) electrons. The quantitative estimate of drug-likeness (QED) is 0.873. The maximum Gasteiger partial charge on any atom is 0.345 e. The minimum Gasteiger partial charge on any atom is -0.255 e. The maximum absolute atomic E-state index is 12.3. The van der Waals surface area contributed by atoms with E-state index in [0.29, 0.717) is 23.2 Å². The first-order valence-corrected chi connectivity index (χ1v) is 7.31. The van der Waals surface area contributed by atoms with Gasteiger partial charge in [-0.1, -0.05) is 23.7 Å². The Labute approximate surface area is 119 Å². The van der Waals surface area contributed by atoms with Gasteiger partial charge in [-0.25, -0.2) is 13.3 Å². The van der Waals surface area contributed by atoms with Crippen molar-refractivity contribution in [3.8, 4) is 5.69 Å². The fraction of sp³-hybridized carbons (Fsp3) is 0.385. The lowest BCUT2D eigenvalue weighted by Gasteiger charge is -2.06. The zero-order valence-electron chi connectivity index (χ0n) is 10.4. The normalized spacial score (nSPS) is 14.8. The van der Waals surface area contributed by atoms with E-state index in [1.165, 1.54) is 8.52 Å². The van der Waals surface area contributed by atoms with Crippen molar-refractivity contribution in [2.24, 2.45) is 5.92 Å². The summed E-state index contributed by atoms with van der Waals surface area (Å²) in [5.74, 6) is 0.487.